The van der Waals surface area contributed by atoms with Crippen LogP contribution in [0.1, 0.15) is 10.5 Å². The van der Waals surface area contributed by atoms with Crippen LogP contribution in [0.25, 0.3) is 22.2 Å². The fourth-order valence-corrected chi connectivity index (χ4v) is 2.66. The van der Waals surface area contributed by atoms with Gasteiger partial charge in [-0.3, -0.25) is 4.79 Å². The number of aromatic amines is 2. The minimum absolute atomic E-state index is 0.194. The minimum Gasteiger partial charge on any atom is -0.357 e. The third-order valence-corrected chi connectivity index (χ3v) is 3.73. The van der Waals surface area contributed by atoms with Gasteiger partial charge in [-0.05, 0) is 12.1 Å². The number of fused-ring (bicyclic) bond motifs is 1. The normalized spacial score (nSPS) is 10.7. The van der Waals surface area contributed by atoms with Crippen LogP contribution in [0.3, 0.4) is 0 Å². The number of hydrogen-bond donors (Lipinski definition) is 2. The van der Waals surface area contributed by atoms with Gasteiger partial charge in [0.15, 0.2) is 0 Å². The molecule has 0 fully saturated rings. The minimum atomic E-state index is -0.436. The highest BCUT2D eigenvalue weighted by atomic mass is 19.1. The zero-order chi connectivity index (χ0) is 17.1. The number of amides is 1. The van der Waals surface area contributed by atoms with Crippen molar-refractivity contribution in [1.82, 2.24) is 19.9 Å². The Morgan fingerprint density at radius 2 is 2.04 bits per heavy atom. The Labute approximate surface area is 138 Å². The molecule has 0 unspecified atom stereocenters. The van der Waals surface area contributed by atoms with Gasteiger partial charge in [-0.15, -0.1) is 13.2 Å². The molecular weight excluding hydrogens is 307 g/mol. The molecule has 0 radical (unpaired) electrons. The number of pyridine rings is 1. The number of rotatable bonds is 6. The van der Waals surface area contributed by atoms with E-state index in [-0.39, 0.29) is 5.91 Å². The van der Waals surface area contributed by atoms with Gasteiger partial charge in [0, 0.05) is 42.0 Å². The summed E-state index contributed by atoms with van der Waals surface area (Å²) in [7, 11) is 0. The number of carbonyl (C=O) groups is 1. The van der Waals surface area contributed by atoms with E-state index in [1.54, 1.807) is 41.6 Å². The van der Waals surface area contributed by atoms with E-state index in [2.05, 4.69) is 28.1 Å². The molecule has 5 nitrogen and oxygen atoms in total. The summed E-state index contributed by atoms with van der Waals surface area (Å²) in [5.74, 6) is -0.630. The second-order valence-corrected chi connectivity index (χ2v) is 5.31. The van der Waals surface area contributed by atoms with E-state index >= 15 is 0 Å². The van der Waals surface area contributed by atoms with Gasteiger partial charge in [0.25, 0.3) is 5.91 Å². The van der Waals surface area contributed by atoms with Gasteiger partial charge in [-0.1, -0.05) is 12.2 Å². The van der Waals surface area contributed by atoms with Crippen LogP contribution < -0.4 is 0 Å². The quantitative estimate of drug-likeness (QED) is 0.682. The van der Waals surface area contributed by atoms with Crippen molar-refractivity contribution < 1.29 is 9.18 Å². The highest BCUT2D eigenvalue weighted by Crippen LogP contribution is 2.30. The zero-order valence-electron chi connectivity index (χ0n) is 13.1. The molecule has 0 aromatic carbocycles. The Balaban J connectivity index is 1.99. The van der Waals surface area contributed by atoms with Crippen molar-refractivity contribution in [3.8, 4) is 11.1 Å². The van der Waals surface area contributed by atoms with Crippen LogP contribution in [0, 0.1) is 5.82 Å². The first-order valence-electron chi connectivity index (χ1n) is 7.47. The van der Waals surface area contributed by atoms with E-state index < -0.39 is 5.82 Å². The monoisotopic (exact) mass is 324 g/mol. The summed E-state index contributed by atoms with van der Waals surface area (Å²) in [5, 5.41) is 0.669. The van der Waals surface area contributed by atoms with E-state index in [0.717, 1.165) is 0 Å². The molecule has 3 rings (SSSR count). The summed E-state index contributed by atoms with van der Waals surface area (Å²) in [6.45, 7) is 8.12. The van der Waals surface area contributed by atoms with Crippen molar-refractivity contribution >= 4 is 16.9 Å². The SMILES string of the molecule is C=CCN(CC=C)C(=O)c1cc(-c2c(F)cnc3[nH]ccc23)c[nH]1. The Kier molecular flexibility index (Phi) is 4.29. The lowest BCUT2D eigenvalue weighted by Crippen LogP contribution is -2.31. The molecule has 0 saturated carbocycles. The molecular formula is C18H17FN4O. The second-order valence-electron chi connectivity index (χ2n) is 5.31. The van der Waals surface area contributed by atoms with Crippen LogP contribution in [-0.2, 0) is 0 Å². The molecule has 0 aliphatic carbocycles. The van der Waals surface area contributed by atoms with Gasteiger partial charge in [-0.2, -0.15) is 0 Å². The molecule has 3 aromatic heterocycles. The molecule has 0 spiro atoms. The van der Waals surface area contributed by atoms with Gasteiger partial charge in [-0.25, -0.2) is 9.37 Å². The largest absolute Gasteiger partial charge is 0.357 e. The van der Waals surface area contributed by atoms with Crippen LogP contribution in [-0.4, -0.2) is 38.8 Å². The molecule has 0 saturated heterocycles. The lowest BCUT2D eigenvalue weighted by molar-refractivity contribution is 0.0786. The van der Waals surface area contributed by atoms with E-state index in [0.29, 0.717) is 40.9 Å². The average Bonchev–Trinajstić information content (AvgIpc) is 3.23. The zero-order valence-corrected chi connectivity index (χ0v) is 13.1. The molecule has 0 atom stereocenters. The predicted octanol–water partition coefficient (Wildman–Crippen LogP) is 3.51. The van der Waals surface area contributed by atoms with Crippen molar-refractivity contribution in [2.75, 3.05) is 13.1 Å². The number of carbonyl (C=O) groups excluding carboxylic acids is 1. The van der Waals surface area contributed by atoms with Crippen molar-refractivity contribution in [1.29, 1.82) is 0 Å². The molecule has 1 amide bonds. The van der Waals surface area contributed by atoms with Crippen LogP contribution in [0.15, 0.2) is 56.0 Å². The third kappa shape index (κ3) is 2.74. The number of aromatic nitrogens is 3. The molecule has 3 aromatic rings. The average molecular weight is 324 g/mol. The van der Waals surface area contributed by atoms with Crippen LogP contribution >= 0.6 is 0 Å². The van der Waals surface area contributed by atoms with Gasteiger partial charge in [0.2, 0.25) is 0 Å². The molecule has 3 heterocycles. The second kappa shape index (κ2) is 6.54. The van der Waals surface area contributed by atoms with Crippen LogP contribution in [0.5, 0.6) is 0 Å². The lowest BCUT2D eigenvalue weighted by Gasteiger charge is -2.18. The number of nitrogens with one attached hydrogen (secondary N) is 2. The first kappa shape index (κ1) is 15.7. The van der Waals surface area contributed by atoms with E-state index in [4.69, 9.17) is 0 Å². The maximum absolute atomic E-state index is 14.3. The molecule has 0 bridgehead atoms. The van der Waals surface area contributed by atoms with Crippen molar-refractivity contribution in [2.45, 2.75) is 0 Å². The highest BCUT2D eigenvalue weighted by Gasteiger charge is 2.18. The summed E-state index contributed by atoms with van der Waals surface area (Å²) in [6.07, 6.45) is 7.80. The number of H-pyrrole nitrogens is 2. The highest BCUT2D eigenvalue weighted by molar-refractivity contribution is 5.97. The molecule has 2 N–H and O–H groups in total. The Morgan fingerprint density at radius 1 is 1.29 bits per heavy atom. The maximum Gasteiger partial charge on any atom is 0.270 e. The Hall–Kier alpha value is -3.15. The summed E-state index contributed by atoms with van der Waals surface area (Å²) >= 11 is 0. The third-order valence-electron chi connectivity index (χ3n) is 3.73. The van der Waals surface area contributed by atoms with Gasteiger partial charge >= 0.3 is 0 Å². The first-order chi connectivity index (χ1) is 11.7. The fraction of sp³-hybridized carbons (Fsp3) is 0.111. The maximum atomic E-state index is 14.3. The van der Waals surface area contributed by atoms with Gasteiger partial charge in [0.05, 0.1) is 6.20 Å². The number of hydrogen-bond acceptors (Lipinski definition) is 2. The predicted molar refractivity (Wildman–Crippen MR) is 92.1 cm³/mol. The van der Waals surface area contributed by atoms with E-state index in [9.17, 15) is 9.18 Å². The van der Waals surface area contributed by atoms with Crippen molar-refractivity contribution in [3.05, 3.63) is 67.5 Å². The van der Waals surface area contributed by atoms with E-state index in [1.807, 2.05) is 0 Å². The van der Waals surface area contributed by atoms with Crippen molar-refractivity contribution in [3.63, 3.8) is 0 Å². The molecule has 6 heteroatoms. The topological polar surface area (TPSA) is 64.8 Å². The summed E-state index contributed by atoms with van der Waals surface area (Å²) < 4.78 is 14.3. The van der Waals surface area contributed by atoms with Gasteiger partial charge < -0.3 is 14.9 Å². The summed E-state index contributed by atoms with van der Waals surface area (Å²) in [4.78, 5) is 24.0. The van der Waals surface area contributed by atoms with Crippen molar-refractivity contribution in [2.24, 2.45) is 0 Å². The summed E-state index contributed by atoms with van der Waals surface area (Å²) in [5.41, 5.74) is 1.99. The molecule has 24 heavy (non-hydrogen) atoms. The molecule has 122 valence electrons. The van der Waals surface area contributed by atoms with E-state index in [1.165, 1.54) is 6.20 Å². The van der Waals surface area contributed by atoms with Crippen LogP contribution in [0.4, 0.5) is 4.39 Å². The Bertz CT molecular complexity index is 899. The summed E-state index contributed by atoms with van der Waals surface area (Å²) in [6, 6.07) is 3.41. The lowest BCUT2D eigenvalue weighted by atomic mass is 10.1. The number of halogens is 1. The fourth-order valence-electron chi connectivity index (χ4n) is 2.66. The standard InChI is InChI=1S/C18H17FN4O/c1-3-7-23(8-4-2)18(24)15-9-12(10-21-15)16-13-5-6-20-17(13)22-11-14(16)19/h3-6,9-11,21H,1-2,7-8H2,(H,20,22). The van der Waals surface area contributed by atoms with Crippen LogP contribution in [0.2, 0.25) is 0 Å². The molecule has 0 aliphatic heterocycles. The van der Waals surface area contributed by atoms with Gasteiger partial charge in [0.1, 0.15) is 17.2 Å². The molecule has 0 aliphatic rings. The smallest absolute Gasteiger partial charge is 0.270 e. The first-order valence-corrected chi connectivity index (χ1v) is 7.47. The number of nitrogens with zero attached hydrogens (tertiary/aromatic N) is 2. The Morgan fingerprint density at radius 3 is 2.75 bits per heavy atom.